The third kappa shape index (κ3) is 4.64. The van der Waals surface area contributed by atoms with E-state index in [0.717, 1.165) is 15.9 Å². The summed E-state index contributed by atoms with van der Waals surface area (Å²) >= 11 is 0. The molecule has 4 rings (SSSR count). The predicted octanol–water partition coefficient (Wildman–Crippen LogP) is 3.87. The smallest absolute Gasteiger partial charge is 0.410 e. The van der Waals surface area contributed by atoms with Crippen molar-refractivity contribution in [2.75, 3.05) is 26.6 Å². The van der Waals surface area contributed by atoms with Crippen LogP contribution in [0.4, 0.5) is 19.0 Å². The Morgan fingerprint density at radius 3 is 2.57 bits per heavy atom. The zero-order chi connectivity index (χ0) is 25.5. The molecular formula is C23H27F3N6O3. The van der Waals surface area contributed by atoms with Crippen LogP contribution in [-0.2, 0) is 13.6 Å². The maximum absolute atomic E-state index is 14.0. The number of carbonyl (C=O) groups is 1. The van der Waals surface area contributed by atoms with E-state index < -0.39 is 24.2 Å². The molecule has 1 amide bonds. The lowest BCUT2D eigenvalue weighted by Gasteiger charge is -2.34. The van der Waals surface area contributed by atoms with E-state index in [2.05, 4.69) is 15.5 Å². The lowest BCUT2D eigenvalue weighted by Crippen LogP contribution is -2.36. The van der Waals surface area contributed by atoms with Gasteiger partial charge < -0.3 is 19.7 Å². The van der Waals surface area contributed by atoms with Gasteiger partial charge in [-0.05, 0) is 24.6 Å². The molecule has 1 aromatic carbocycles. The van der Waals surface area contributed by atoms with Gasteiger partial charge in [0.2, 0.25) is 0 Å². The minimum atomic E-state index is -4.56. The first-order valence-electron chi connectivity index (χ1n) is 10.9. The van der Waals surface area contributed by atoms with E-state index in [1.807, 2.05) is 6.92 Å². The van der Waals surface area contributed by atoms with Crippen LogP contribution in [0.2, 0.25) is 0 Å². The SMILES string of the molecule is COc1ccc([C@H]2C[C@H](C(F)(F)F)n3ncc(C(=O)N(C)Cc4cn(C)nc4C)c3N2)cc1OC. The van der Waals surface area contributed by atoms with Crippen molar-refractivity contribution in [2.24, 2.45) is 7.05 Å². The highest BCUT2D eigenvalue weighted by atomic mass is 19.4. The van der Waals surface area contributed by atoms with Crippen molar-refractivity contribution < 1.29 is 27.4 Å². The number of ether oxygens (including phenoxy) is 2. The van der Waals surface area contributed by atoms with Crippen LogP contribution >= 0.6 is 0 Å². The summed E-state index contributed by atoms with van der Waals surface area (Å²) in [6.07, 6.45) is -1.87. The Labute approximate surface area is 200 Å². The summed E-state index contributed by atoms with van der Waals surface area (Å²) < 4.78 is 55.2. The first-order chi connectivity index (χ1) is 16.5. The fraction of sp³-hybridized carbons (Fsp3) is 0.435. The van der Waals surface area contributed by atoms with Crippen molar-refractivity contribution in [3.8, 4) is 11.5 Å². The Balaban J connectivity index is 1.68. The molecule has 3 aromatic rings. The first kappa shape index (κ1) is 24.4. The highest BCUT2D eigenvalue weighted by Gasteiger charge is 2.47. The maximum atomic E-state index is 14.0. The second kappa shape index (κ2) is 9.16. The fourth-order valence-corrected chi connectivity index (χ4v) is 4.34. The van der Waals surface area contributed by atoms with Gasteiger partial charge in [-0.2, -0.15) is 23.4 Å². The molecule has 0 saturated heterocycles. The van der Waals surface area contributed by atoms with Gasteiger partial charge in [-0.25, -0.2) is 4.68 Å². The van der Waals surface area contributed by atoms with Gasteiger partial charge in [-0.1, -0.05) is 6.07 Å². The van der Waals surface area contributed by atoms with E-state index in [-0.39, 0.29) is 24.3 Å². The number of halogens is 3. The minimum absolute atomic E-state index is 0.0260. The molecule has 3 heterocycles. The molecule has 0 saturated carbocycles. The molecule has 1 N–H and O–H groups in total. The first-order valence-corrected chi connectivity index (χ1v) is 10.9. The monoisotopic (exact) mass is 492 g/mol. The molecule has 0 unspecified atom stereocenters. The normalized spacial score (nSPS) is 17.5. The lowest BCUT2D eigenvalue weighted by atomic mass is 9.96. The van der Waals surface area contributed by atoms with Crippen LogP contribution in [0.3, 0.4) is 0 Å². The van der Waals surface area contributed by atoms with E-state index in [0.29, 0.717) is 17.1 Å². The van der Waals surface area contributed by atoms with Gasteiger partial charge in [0, 0.05) is 38.8 Å². The van der Waals surface area contributed by atoms with Crippen LogP contribution in [0, 0.1) is 6.92 Å². The minimum Gasteiger partial charge on any atom is -0.493 e. The Morgan fingerprint density at radius 2 is 1.97 bits per heavy atom. The van der Waals surface area contributed by atoms with Crippen molar-refractivity contribution in [3.05, 3.63) is 53.0 Å². The molecular weight excluding hydrogens is 465 g/mol. The number of nitrogens with zero attached hydrogens (tertiary/aromatic N) is 5. The number of aromatic nitrogens is 4. The van der Waals surface area contributed by atoms with Crippen molar-refractivity contribution in [3.63, 3.8) is 0 Å². The Morgan fingerprint density at radius 1 is 1.26 bits per heavy atom. The van der Waals surface area contributed by atoms with Crippen molar-refractivity contribution in [1.29, 1.82) is 0 Å². The molecule has 2 aromatic heterocycles. The predicted molar refractivity (Wildman–Crippen MR) is 122 cm³/mol. The summed E-state index contributed by atoms with van der Waals surface area (Å²) in [5.41, 5.74) is 2.25. The number of nitrogens with one attached hydrogen (secondary N) is 1. The molecule has 188 valence electrons. The van der Waals surface area contributed by atoms with Crippen LogP contribution in [0.5, 0.6) is 11.5 Å². The summed E-state index contributed by atoms with van der Waals surface area (Å²) in [6, 6.07) is 2.32. The molecule has 1 aliphatic heterocycles. The molecule has 0 spiro atoms. The van der Waals surface area contributed by atoms with Crippen LogP contribution in [0.25, 0.3) is 0 Å². The topological polar surface area (TPSA) is 86.4 Å². The number of benzene rings is 1. The van der Waals surface area contributed by atoms with Crippen LogP contribution in [0.1, 0.15) is 45.7 Å². The summed E-state index contributed by atoms with van der Waals surface area (Å²) in [5, 5.41) is 11.3. The number of amides is 1. The number of hydrogen-bond donors (Lipinski definition) is 1. The van der Waals surface area contributed by atoms with Crippen LogP contribution < -0.4 is 14.8 Å². The fourth-order valence-electron chi connectivity index (χ4n) is 4.34. The number of fused-ring (bicyclic) bond motifs is 1. The zero-order valence-electron chi connectivity index (χ0n) is 20.1. The van der Waals surface area contributed by atoms with E-state index in [9.17, 15) is 18.0 Å². The largest absolute Gasteiger partial charge is 0.493 e. The van der Waals surface area contributed by atoms with Crippen molar-refractivity contribution >= 4 is 11.7 Å². The van der Waals surface area contributed by atoms with Gasteiger partial charge >= 0.3 is 6.18 Å². The second-order valence-corrected chi connectivity index (χ2v) is 8.53. The summed E-state index contributed by atoms with van der Waals surface area (Å²) in [7, 11) is 6.31. The molecule has 1 aliphatic rings. The average Bonchev–Trinajstić information content (AvgIpc) is 3.38. The average molecular weight is 493 g/mol. The second-order valence-electron chi connectivity index (χ2n) is 8.53. The standard InChI is InChI=1S/C23H27F3N6O3/c1-13-15(12-31(3)29-13)11-30(2)22(33)16-10-27-32-20(23(24,25)26)9-17(28-21(16)32)14-6-7-18(34-4)19(8-14)35-5/h6-8,10,12,17,20,28H,9,11H2,1-5H3/t17-,20-/m1/s1. The quantitative estimate of drug-likeness (QED) is 0.562. The highest BCUT2D eigenvalue weighted by Crippen LogP contribution is 2.45. The molecule has 0 fully saturated rings. The molecule has 0 radical (unpaired) electrons. The zero-order valence-corrected chi connectivity index (χ0v) is 20.1. The number of methoxy groups -OCH3 is 2. The third-order valence-corrected chi connectivity index (χ3v) is 6.15. The van der Waals surface area contributed by atoms with Gasteiger partial charge in [-0.15, -0.1) is 0 Å². The van der Waals surface area contributed by atoms with Gasteiger partial charge in [-0.3, -0.25) is 9.48 Å². The third-order valence-electron chi connectivity index (χ3n) is 6.15. The van der Waals surface area contributed by atoms with Crippen molar-refractivity contribution in [1.82, 2.24) is 24.5 Å². The van der Waals surface area contributed by atoms with Gasteiger partial charge in [0.05, 0.1) is 32.2 Å². The Hall–Kier alpha value is -3.70. The number of alkyl halides is 3. The highest BCUT2D eigenvalue weighted by molar-refractivity contribution is 5.98. The van der Waals surface area contributed by atoms with Crippen LogP contribution in [-0.4, -0.2) is 57.8 Å². The molecule has 0 aliphatic carbocycles. The molecule has 0 bridgehead atoms. The summed E-state index contributed by atoms with van der Waals surface area (Å²) in [5.74, 6) is 0.444. The number of aryl methyl sites for hydroxylation is 2. The van der Waals surface area contributed by atoms with E-state index >= 15 is 0 Å². The molecule has 12 heteroatoms. The van der Waals surface area contributed by atoms with Gasteiger partial charge in [0.25, 0.3) is 5.91 Å². The van der Waals surface area contributed by atoms with E-state index in [1.165, 1.54) is 25.3 Å². The molecule has 2 atom stereocenters. The van der Waals surface area contributed by atoms with E-state index in [1.54, 1.807) is 43.2 Å². The summed E-state index contributed by atoms with van der Waals surface area (Å²) in [6.45, 7) is 2.09. The van der Waals surface area contributed by atoms with Crippen molar-refractivity contribution in [2.45, 2.75) is 38.1 Å². The number of anilines is 1. The number of carbonyl (C=O) groups excluding carboxylic acids is 1. The Bertz CT molecular complexity index is 1240. The van der Waals surface area contributed by atoms with Gasteiger partial charge in [0.15, 0.2) is 17.5 Å². The number of hydrogen-bond acceptors (Lipinski definition) is 6. The molecule has 35 heavy (non-hydrogen) atoms. The van der Waals surface area contributed by atoms with E-state index in [4.69, 9.17) is 9.47 Å². The Kier molecular flexibility index (Phi) is 6.39. The lowest BCUT2D eigenvalue weighted by molar-refractivity contribution is -0.173. The molecule has 9 nitrogen and oxygen atoms in total. The number of rotatable bonds is 6. The van der Waals surface area contributed by atoms with Crippen LogP contribution in [0.15, 0.2) is 30.6 Å². The summed E-state index contributed by atoms with van der Waals surface area (Å²) in [4.78, 5) is 14.7. The maximum Gasteiger partial charge on any atom is 0.410 e. The van der Waals surface area contributed by atoms with Gasteiger partial charge in [0.1, 0.15) is 11.4 Å².